The Bertz CT molecular complexity index is 1040. The third-order valence-electron chi connectivity index (χ3n) is 3.53. The highest BCUT2D eigenvalue weighted by Gasteiger charge is 2.13. The Labute approximate surface area is 201 Å². The lowest BCUT2D eigenvalue weighted by molar-refractivity contribution is -0.138. The molecule has 0 radical (unpaired) electrons. The minimum atomic E-state index is -0.747. The lowest BCUT2D eigenvalue weighted by Gasteiger charge is -2.09. The van der Waals surface area contributed by atoms with Gasteiger partial charge in [0.25, 0.3) is 0 Å². The van der Waals surface area contributed by atoms with Gasteiger partial charge < -0.3 is 18.9 Å². The molecule has 0 spiro atoms. The van der Waals surface area contributed by atoms with Gasteiger partial charge in [0.2, 0.25) is 11.8 Å². The number of hydrogen-bond acceptors (Lipinski definition) is 8. The van der Waals surface area contributed by atoms with Crippen molar-refractivity contribution in [1.29, 1.82) is 0 Å². The monoisotopic (exact) mass is 516 g/mol. The molecular weight excluding hydrogens is 506 g/mol. The van der Waals surface area contributed by atoms with E-state index in [1.54, 1.807) is 12.1 Å². The summed E-state index contributed by atoms with van der Waals surface area (Å²) in [5, 5.41) is 8.67. The molecule has 0 saturated heterocycles. The molecule has 0 aliphatic heterocycles. The molecule has 1 heterocycles. The second-order valence-electron chi connectivity index (χ2n) is 5.88. The maximum Gasteiger partial charge on any atom is 0.350 e. The normalized spacial score (nSPS) is 10.4. The zero-order chi connectivity index (χ0) is 23.1. The maximum absolute atomic E-state index is 11.9. The third kappa shape index (κ3) is 7.13. The zero-order valence-electron chi connectivity index (χ0n) is 15.9. The Morgan fingerprint density at radius 2 is 1.06 bits per heavy atom. The highest BCUT2D eigenvalue weighted by Crippen LogP contribution is 2.28. The molecule has 12 heteroatoms. The molecular formula is C20H12Cl4N2O6. The molecule has 3 aromatic rings. The van der Waals surface area contributed by atoms with Crippen LogP contribution in [0, 0.1) is 0 Å². The van der Waals surface area contributed by atoms with E-state index in [0.29, 0.717) is 10.0 Å². The molecule has 0 aliphatic rings. The van der Waals surface area contributed by atoms with Crippen molar-refractivity contribution < 1.29 is 28.5 Å². The van der Waals surface area contributed by atoms with Gasteiger partial charge in [0.1, 0.15) is 11.5 Å². The molecule has 0 amide bonds. The van der Waals surface area contributed by atoms with Crippen LogP contribution in [-0.4, -0.2) is 35.3 Å². The van der Waals surface area contributed by atoms with E-state index in [1.165, 1.54) is 36.4 Å². The first-order valence-corrected chi connectivity index (χ1v) is 10.2. The first kappa shape index (κ1) is 23.9. The van der Waals surface area contributed by atoms with E-state index in [-0.39, 0.29) is 33.3 Å². The average molecular weight is 518 g/mol. The summed E-state index contributed by atoms with van der Waals surface area (Å²) in [5.74, 6) is -1.20. The molecule has 0 aliphatic carbocycles. The SMILES string of the molecule is O=C(COc1ccc(Cl)cc1Cl)Oc1ccc(OC(=O)COc2ccc(Cl)cc2Cl)nn1. The number of halogens is 4. The fourth-order valence-electron chi connectivity index (χ4n) is 2.17. The van der Waals surface area contributed by atoms with Crippen LogP contribution in [0.5, 0.6) is 23.3 Å². The fourth-order valence-corrected chi connectivity index (χ4v) is 3.09. The number of hydrogen-bond donors (Lipinski definition) is 0. The van der Waals surface area contributed by atoms with Gasteiger partial charge in [0.15, 0.2) is 13.2 Å². The van der Waals surface area contributed by atoms with Crippen LogP contribution in [0.2, 0.25) is 20.1 Å². The third-order valence-corrected chi connectivity index (χ3v) is 4.59. The highest BCUT2D eigenvalue weighted by atomic mass is 35.5. The number of carbonyl (C=O) groups excluding carboxylic acids is 2. The molecule has 32 heavy (non-hydrogen) atoms. The van der Waals surface area contributed by atoms with Gasteiger partial charge in [0, 0.05) is 22.2 Å². The molecule has 0 atom stereocenters. The Morgan fingerprint density at radius 1 is 0.656 bits per heavy atom. The molecule has 1 aromatic heterocycles. The molecule has 0 N–H and O–H groups in total. The molecule has 2 aromatic carbocycles. The van der Waals surface area contributed by atoms with Gasteiger partial charge in [-0.15, -0.1) is 10.2 Å². The van der Waals surface area contributed by atoms with Gasteiger partial charge in [-0.05, 0) is 36.4 Å². The number of nitrogens with zero attached hydrogens (tertiary/aromatic N) is 2. The number of ether oxygens (including phenoxy) is 4. The van der Waals surface area contributed by atoms with Gasteiger partial charge >= 0.3 is 11.9 Å². The summed E-state index contributed by atoms with van der Waals surface area (Å²) < 4.78 is 20.5. The Kier molecular flexibility index (Phi) is 8.35. The van der Waals surface area contributed by atoms with E-state index in [2.05, 4.69) is 10.2 Å². The highest BCUT2D eigenvalue weighted by molar-refractivity contribution is 6.36. The molecule has 8 nitrogen and oxygen atoms in total. The quantitative estimate of drug-likeness (QED) is 0.382. The summed E-state index contributed by atoms with van der Waals surface area (Å²) in [5.41, 5.74) is 0. The van der Waals surface area contributed by atoms with Crippen molar-refractivity contribution in [3.8, 4) is 23.3 Å². The molecule has 3 rings (SSSR count). The smallest absolute Gasteiger partial charge is 0.350 e. The van der Waals surface area contributed by atoms with Crippen molar-refractivity contribution in [3.05, 3.63) is 68.6 Å². The van der Waals surface area contributed by atoms with E-state index in [4.69, 9.17) is 65.4 Å². The summed E-state index contributed by atoms with van der Waals surface area (Å²) in [4.78, 5) is 23.8. The minimum absolute atomic E-state index is 0.121. The summed E-state index contributed by atoms with van der Waals surface area (Å²) in [6.45, 7) is -0.852. The molecule has 166 valence electrons. The van der Waals surface area contributed by atoms with Gasteiger partial charge in [-0.3, -0.25) is 0 Å². The van der Waals surface area contributed by atoms with Crippen molar-refractivity contribution >= 4 is 58.3 Å². The molecule has 0 unspecified atom stereocenters. The number of aromatic nitrogens is 2. The van der Waals surface area contributed by atoms with E-state index >= 15 is 0 Å². The summed E-state index contributed by atoms with van der Waals surface area (Å²) in [7, 11) is 0. The molecule has 0 fully saturated rings. The number of carbonyl (C=O) groups is 2. The van der Waals surface area contributed by atoms with Gasteiger partial charge in [0.05, 0.1) is 10.0 Å². The van der Waals surface area contributed by atoms with Crippen molar-refractivity contribution in [2.24, 2.45) is 0 Å². The Balaban J connectivity index is 1.45. The van der Waals surface area contributed by atoms with Crippen molar-refractivity contribution in [2.45, 2.75) is 0 Å². The number of benzene rings is 2. The minimum Gasteiger partial charge on any atom is -0.480 e. The van der Waals surface area contributed by atoms with E-state index < -0.39 is 25.2 Å². The molecule has 0 bridgehead atoms. The van der Waals surface area contributed by atoms with Crippen LogP contribution in [-0.2, 0) is 9.59 Å². The molecule has 0 saturated carbocycles. The largest absolute Gasteiger partial charge is 0.480 e. The number of rotatable bonds is 8. The lowest BCUT2D eigenvalue weighted by atomic mass is 10.3. The van der Waals surface area contributed by atoms with Crippen LogP contribution in [0.25, 0.3) is 0 Å². The standard InChI is InChI=1S/C20H12Cl4N2O6/c21-11-1-3-15(13(23)7-11)29-9-19(27)31-17-5-6-18(26-25-17)32-20(28)10-30-16-4-2-12(22)8-14(16)24/h1-8H,9-10H2. The van der Waals surface area contributed by atoms with Crippen LogP contribution < -0.4 is 18.9 Å². The van der Waals surface area contributed by atoms with Crippen molar-refractivity contribution in [3.63, 3.8) is 0 Å². The Morgan fingerprint density at radius 3 is 1.41 bits per heavy atom. The van der Waals surface area contributed by atoms with Crippen molar-refractivity contribution in [2.75, 3.05) is 13.2 Å². The summed E-state index contributed by atoms with van der Waals surface area (Å²) in [6, 6.07) is 11.7. The second-order valence-corrected chi connectivity index (χ2v) is 7.57. The second kappa shape index (κ2) is 11.2. The maximum atomic E-state index is 11.9. The van der Waals surface area contributed by atoms with E-state index in [1.807, 2.05) is 0 Å². The van der Waals surface area contributed by atoms with Crippen LogP contribution in [0.3, 0.4) is 0 Å². The van der Waals surface area contributed by atoms with E-state index in [9.17, 15) is 9.59 Å². The first-order valence-electron chi connectivity index (χ1n) is 8.71. The van der Waals surface area contributed by atoms with Crippen LogP contribution in [0.1, 0.15) is 0 Å². The fraction of sp³-hybridized carbons (Fsp3) is 0.100. The van der Waals surface area contributed by atoms with Crippen LogP contribution >= 0.6 is 46.4 Å². The van der Waals surface area contributed by atoms with Gasteiger partial charge in [-0.1, -0.05) is 46.4 Å². The topological polar surface area (TPSA) is 96.8 Å². The summed E-state index contributed by atoms with van der Waals surface area (Å²) >= 11 is 23.5. The van der Waals surface area contributed by atoms with E-state index in [0.717, 1.165) is 0 Å². The zero-order valence-corrected chi connectivity index (χ0v) is 18.9. The lowest BCUT2D eigenvalue weighted by Crippen LogP contribution is -2.20. The van der Waals surface area contributed by atoms with Gasteiger partial charge in [-0.2, -0.15) is 0 Å². The Hall–Kier alpha value is -2.78. The predicted octanol–water partition coefficient (Wildman–Crippen LogP) is 5.06. The van der Waals surface area contributed by atoms with Crippen LogP contribution in [0.15, 0.2) is 48.5 Å². The van der Waals surface area contributed by atoms with Crippen molar-refractivity contribution in [1.82, 2.24) is 10.2 Å². The first-order chi connectivity index (χ1) is 15.3. The predicted molar refractivity (Wildman–Crippen MR) is 117 cm³/mol. The summed E-state index contributed by atoms with van der Waals surface area (Å²) in [6.07, 6.45) is 0. The number of esters is 2. The average Bonchev–Trinajstić information content (AvgIpc) is 2.74. The van der Waals surface area contributed by atoms with Crippen LogP contribution in [0.4, 0.5) is 0 Å². The van der Waals surface area contributed by atoms with Gasteiger partial charge in [-0.25, -0.2) is 9.59 Å².